The summed E-state index contributed by atoms with van der Waals surface area (Å²) < 4.78 is 0. The van der Waals surface area contributed by atoms with Crippen LogP contribution in [-0.2, 0) is 16.6 Å². The third-order valence-electron chi connectivity index (χ3n) is 6.28. The van der Waals surface area contributed by atoms with Crippen LogP contribution in [0.25, 0.3) is 0 Å². The number of ketones is 1. The van der Waals surface area contributed by atoms with E-state index in [9.17, 15) is 15.0 Å². The highest BCUT2D eigenvalue weighted by Crippen LogP contribution is 2.58. The number of benzene rings is 1. The Labute approximate surface area is 136 Å². The Kier molecular flexibility index (Phi) is 3.27. The lowest BCUT2D eigenvalue weighted by atomic mass is 9.52. The lowest BCUT2D eigenvalue weighted by molar-refractivity contribution is -0.127. The fraction of sp³-hybridized carbons (Fsp3) is 0.526. The molecule has 23 heavy (non-hydrogen) atoms. The molecule has 2 fully saturated rings. The maximum Gasteiger partial charge on any atom is 0.133 e. The number of hydrogen-bond donors (Lipinski definition) is 2. The first-order valence-electron chi connectivity index (χ1n) is 8.48. The Morgan fingerprint density at radius 2 is 2.13 bits per heavy atom. The van der Waals surface area contributed by atoms with Gasteiger partial charge in [-0.15, -0.1) is 6.58 Å². The summed E-state index contributed by atoms with van der Waals surface area (Å²) in [5.74, 6) is 1.15. The van der Waals surface area contributed by atoms with E-state index in [-0.39, 0.29) is 22.7 Å². The smallest absolute Gasteiger partial charge is 0.133 e. The lowest BCUT2D eigenvalue weighted by Crippen LogP contribution is -2.61. The van der Waals surface area contributed by atoms with E-state index in [1.54, 1.807) is 12.1 Å². The molecule has 1 aromatic carbocycles. The summed E-state index contributed by atoms with van der Waals surface area (Å²) in [4.78, 5) is 14.7. The van der Waals surface area contributed by atoms with Crippen molar-refractivity contribution in [3.8, 4) is 11.5 Å². The number of carbonyl (C=O) groups is 1. The van der Waals surface area contributed by atoms with Gasteiger partial charge in [0.15, 0.2) is 0 Å². The molecule has 1 aromatic rings. The van der Waals surface area contributed by atoms with Gasteiger partial charge in [0.05, 0.1) is 0 Å². The number of piperidine rings is 1. The first-order valence-corrected chi connectivity index (χ1v) is 8.48. The second-order valence-electron chi connectivity index (χ2n) is 7.28. The number of fused-ring (bicyclic) bond motifs is 1. The van der Waals surface area contributed by atoms with Crippen LogP contribution < -0.4 is 0 Å². The van der Waals surface area contributed by atoms with Crippen molar-refractivity contribution in [2.45, 2.75) is 43.6 Å². The summed E-state index contributed by atoms with van der Waals surface area (Å²) in [5, 5.41) is 20.9. The molecule has 2 bridgehead atoms. The van der Waals surface area contributed by atoms with Crippen LogP contribution in [0.15, 0.2) is 24.8 Å². The molecule has 1 aliphatic heterocycles. The number of carbonyl (C=O) groups excluding carboxylic acids is 1. The predicted octanol–water partition coefficient (Wildman–Crippen LogP) is 2.52. The molecule has 0 aromatic heterocycles. The van der Waals surface area contributed by atoms with Gasteiger partial charge in [-0.1, -0.05) is 6.08 Å². The van der Waals surface area contributed by atoms with E-state index in [0.29, 0.717) is 24.8 Å². The van der Waals surface area contributed by atoms with Gasteiger partial charge in [-0.3, -0.25) is 9.69 Å². The van der Waals surface area contributed by atoms with E-state index in [1.165, 1.54) is 0 Å². The molecule has 2 aliphatic carbocycles. The number of phenolic OH excluding ortho intramolecular Hbond substituents is 2. The van der Waals surface area contributed by atoms with Crippen molar-refractivity contribution in [2.75, 3.05) is 13.1 Å². The van der Waals surface area contributed by atoms with E-state index in [4.69, 9.17) is 0 Å². The van der Waals surface area contributed by atoms with Crippen molar-refractivity contribution < 1.29 is 15.0 Å². The van der Waals surface area contributed by atoms with Gasteiger partial charge in [0.2, 0.25) is 0 Å². The highest BCUT2D eigenvalue weighted by Gasteiger charge is 2.56. The largest absolute Gasteiger partial charge is 0.508 e. The molecular formula is C19H23NO3. The summed E-state index contributed by atoms with van der Waals surface area (Å²) in [6.45, 7) is 5.61. The Bertz CT molecular complexity index is 683. The first kappa shape index (κ1) is 14.8. The number of phenols is 2. The second-order valence-corrected chi connectivity index (χ2v) is 7.28. The lowest BCUT2D eigenvalue weighted by Gasteiger charge is -2.58. The zero-order chi connectivity index (χ0) is 16.2. The summed E-state index contributed by atoms with van der Waals surface area (Å²) >= 11 is 0. The van der Waals surface area contributed by atoms with E-state index < -0.39 is 0 Å². The van der Waals surface area contributed by atoms with Gasteiger partial charge < -0.3 is 10.2 Å². The molecule has 2 N–H and O–H groups in total. The average Bonchev–Trinajstić information content (AvgIpc) is 2.52. The summed E-state index contributed by atoms with van der Waals surface area (Å²) in [7, 11) is 0. The van der Waals surface area contributed by atoms with Crippen LogP contribution in [0.1, 0.15) is 36.8 Å². The highest BCUT2D eigenvalue weighted by molar-refractivity contribution is 5.82. The van der Waals surface area contributed by atoms with Crippen molar-refractivity contribution in [3.05, 3.63) is 35.9 Å². The van der Waals surface area contributed by atoms with Gasteiger partial charge in [-0.05, 0) is 43.9 Å². The van der Waals surface area contributed by atoms with E-state index in [1.807, 2.05) is 6.08 Å². The number of rotatable bonds is 2. The molecule has 3 aliphatic rings. The summed E-state index contributed by atoms with van der Waals surface area (Å²) in [5.41, 5.74) is 1.40. The van der Waals surface area contributed by atoms with Gasteiger partial charge in [-0.2, -0.15) is 0 Å². The molecule has 1 heterocycles. The fourth-order valence-electron chi connectivity index (χ4n) is 5.42. The third-order valence-corrected chi connectivity index (χ3v) is 6.28. The quantitative estimate of drug-likeness (QED) is 0.650. The average molecular weight is 313 g/mol. The van der Waals surface area contributed by atoms with Crippen LogP contribution in [-0.4, -0.2) is 40.0 Å². The Morgan fingerprint density at radius 3 is 2.91 bits per heavy atom. The monoisotopic (exact) mass is 313 g/mol. The van der Waals surface area contributed by atoms with Crippen molar-refractivity contribution in [1.82, 2.24) is 4.90 Å². The van der Waals surface area contributed by atoms with E-state index in [2.05, 4.69) is 11.5 Å². The molecule has 3 atom stereocenters. The van der Waals surface area contributed by atoms with Crippen LogP contribution in [0.5, 0.6) is 11.5 Å². The van der Waals surface area contributed by atoms with Crippen LogP contribution >= 0.6 is 0 Å². The topological polar surface area (TPSA) is 60.8 Å². The zero-order valence-corrected chi connectivity index (χ0v) is 13.3. The number of likely N-dealkylation sites (tertiary alicyclic amines) is 1. The predicted molar refractivity (Wildman–Crippen MR) is 87.7 cm³/mol. The fourth-order valence-corrected chi connectivity index (χ4v) is 5.42. The maximum atomic E-state index is 12.3. The minimum absolute atomic E-state index is 0.244. The van der Waals surface area contributed by atoms with Crippen molar-refractivity contribution in [2.24, 2.45) is 5.92 Å². The standard InChI is InChI=1S/C19H23NO3/c1-2-8-20-9-7-19-11-12(21)3-4-14(19)15(20)10-13-16(22)5-6-17(23)18(13)19/h2,5-6,14-15,22-23H,1,3-4,7-11H2/t14-,15+,19-/m0/s1. The molecule has 1 saturated carbocycles. The minimum atomic E-state index is -0.298. The van der Waals surface area contributed by atoms with Gasteiger partial charge in [0.1, 0.15) is 17.3 Å². The number of Topliss-reactive ketones (excluding diaryl/α,β-unsaturated/α-hetero) is 1. The normalized spacial score (nSPS) is 33.0. The minimum Gasteiger partial charge on any atom is -0.508 e. The van der Waals surface area contributed by atoms with Crippen molar-refractivity contribution in [3.63, 3.8) is 0 Å². The Morgan fingerprint density at radius 1 is 1.35 bits per heavy atom. The molecule has 4 heteroatoms. The molecule has 0 amide bonds. The van der Waals surface area contributed by atoms with Crippen molar-refractivity contribution >= 4 is 5.78 Å². The van der Waals surface area contributed by atoms with Crippen LogP contribution in [0.3, 0.4) is 0 Å². The van der Waals surface area contributed by atoms with Crippen LogP contribution in [0.2, 0.25) is 0 Å². The van der Waals surface area contributed by atoms with Gasteiger partial charge >= 0.3 is 0 Å². The van der Waals surface area contributed by atoms with Crippen molar-refractivity contribution in [1.29, 1.82) is 0 Å². The first-order chi connectivity index (χ1) is 11.1. The summed E-state index contributed by atoms with van der Waals surface area (Å²) in [6.07, 6.45) is 5.55. The van der Waals surface area contributed by atoms with E-state index in [0.717, 1.165) is 43.5 Å². The molecule has 0 unspecified atom stereocenters. The van der Waals surface area contributed by atoms with Crippen LogP contribution in [0, 0.1) is 5.92 Å². The Balaban J connectivity index is 1.91. The molecule has 4 nitrogen and oxygen atoms in total. The van der Waals surface area contributed by atoms with Gasteiger partial charge in [0.25, 0.3) is 0 Å². The second kappa shape index (κ2) is 5.10. The molecule has 0 radical (unpaired) electrons. The van der Waals surface area contributed by atoms with E-state index >= 15 is 0 Å². The molecule has 0 spiro atoms. The molecule has 1 saturated heterocycles. The van der Waals surface area contributed by atoms with Gasteiger partial charge in [-0.25, -0.2) is 0 Å². The molecule has 122 valence electrons. The summed E-state index contributed by atoms with van der Waals surface area (Å²) in [6, 6.07) is 3.47. The van der Waals surface area contributed by atoms with Gasteiger partial charge in [0, 0.05) is 42.0 Å². The highest BCUT2D eigenvalue weighted by atomic mass is 16.3. The number of aromatic hydroxyl groups is 2. The maximum absolute atomic E-state index is 12.3. The number of hydrogen-bond acceptors (Lipinski definition) is 4. The Hall–Kier alpha value is -1.81. The SMILES string of the molecule is C=CCN1CC[C@]23CC(=O)CC[C@H]2[C@H]1Cc1c(O)ccc(O)c13. The molecular weight excluding hydrogens is 290 g/mol. The number of nitrogens with zero attached hydrogens (tertiary/aromatic N) is 1. The molecule has 4 rings (SSSR count). The zero-order valence-electron chi connectivity index (χ0n) is 13.3. The third kappa shape index (κ3) is 1.97. The van der Waals surface area contributed by atoms with Crippen LogP contribution in [0.4, 0.5) is 0 Å².